The molecule has 0 aliphatic heterocycles. The van der Waals surface area contributed by atoms with Gasteiger partial charge >= 0.3 is 179 Å². The van der Waals surface area contributed by atoms with E-state index in [0.29, 0.717) is 18.3 Å². The molecule has 0 unspecified atom stereocenters. The Morgan fingerprint density at radius 1 is 0.767 bits per heavy atom. The Morgan fingerprint density at radius 2 is 1.27 bits per heavy atom. The van der Waals surface area contributed by atoms with Crippen LogP contribution >= 0.6 is 7.26 Å². The molecule has 0 aromatic heterocycles. The van der Waals surface area contributed by atoms with E-state index in [9.17, 15) is 9.59 Å². The molecule has 3 rings (SSSR count). The van der Waals surface area contributed by atoms with Crippen molar-refractivity contribution in [2.45, 2.75) is 13.3 Å². The number of carbonyl (C=O) groups excluding carboxylic acids is 2. The van der Waals surface area contributed by atoms with Crippen LogP contribution < -0.4 is 26.5 Å². The Labute approximate surface area is 179 Å². The van der Waals surface area contributed by atoms with Crippen molar-refractivity contribution in [1.82, 2.24) is 10.6 Å². The molecule has 5 heteroatoms. The van der Waals surface area contributed by atoms with Gasteiger partial charge in [0, 0.05) is 0 Å². The molecule has 0 heterocycles. The molecule has 0 aliphatic rings. The molecule has 30 heavy (non-hydrogen) atoms. The maximum absolute atomic E-state index is 12.7. The van der Waals surface area contributed by atoms with E-state index < -0.39 is 7.26 Å². The number of hydrogen-bond acceptors (Lipinski definition) is 2. The van der Waals surface area contributed by atoms with Gasteiger partial charge in [-0.25, -0.2) is 0 Å². The van der Waals surface area contributed by atoms with Gasteiger partial charge in [-0.3, -0.25) is 0 Å². The summed E-state index contributed by atoms with van der Waals surface area (Å²) in [5, 5.41) is 9.18. The number of amides is 2. The predicted octanol–water partition coefficient (Wildman–Crippen LogP) is 2.60. The van der Waals surface area contributed by atoms with E-state index in [0.717, 1.165) is 11.7 Å². The van der Waals surface area contributed by atoms with Gasteiger partial charge in [-0.05, 0) is 0 Å². The topological polar surface area (TPSA) is 58.2 Å². The summed E-state index contributed by atoms with van der Waals surface area (Å²) in [5.41, 5.74) is 0.635. The Balaban J connectivity index is 2.16. The zero-order chi connectivity index (χ0) is 21.4. The van der Waals surface area contributed by atoms with Crippen LogP contribution in [0.5, 0.6) is 0 Å². The fourth-order valence-corrected chi connectivity index (χ4v) is 8.36. The van der Waals surface area contributed by atoms with E-state index in [2.05, 4.69) is 34.9 Å². The molecule has 4 nitrogen and oxygen atoms in total. The fraction of sp³-hybridized carbons (Fsp3) is 0.200. The monoisotopic (exact) mass is 420 g/mol. The van der Waals surface area contributed by atoms with Crippen molar-refractivity contribution in [2.24, 2.45) is 0 Å². The van der Waals surface area contributed by atoms with Crippen molar-refractivity contribution in [3.63, 3.8) is 0 Å². The van der Waals surface area contributed by atoms with Crippen molar-refractivity contribution >= 4 is 35.0 Å². The van der Waals surface area contributed by atoms with Gasteiger partial charge in [-0.2, -0.15) is 0 Å². The number of carbonyl (C=O) groups is 2. The minimum atomic E-state index is -2.63. The molecule has 0 atom stereocenters. The minimum absolute atomic E-state index is 0.0131. The quantitative estimate of drug-likeness (QED) is 0.551. The van der Waals surface area contributed by atoms with Crippen molar-refractivity contribution < 1.29 is 9.59 Å². The molecule has 0 fully saturated rings. The summed E-state index contributed by atoms with van der Waals surface area (Å²) in [6.07, 6.45) is 1.30. The van der Waals surface area contributed by atoms with Crippen molar-refractivity contribution in [3.8, 4) is 0 Å². The van der Waals surface area contributed by atoms with E-state index in [4.69, 9.17) is 0 Å². The summed E-state index contributed by atoms with van der Waals surface area (Å²) >= 11 is 0. The Hall–Kier alpha value is -2.97. The van der Waals surface area contributed by atoms with Crippen LogP contribution in [0.25, 0.3) is 0 Å². The van der Waals surface area contributed by atoms with Crippen LogP contribution in [0.15, 0.2) is 84.9 Å². The summed E-state index contributed by atoms with van der Waals surface area (Å²) in [4.78, 5) is 25.1. The first kappa shape index (κ1) is 21.7. The molecule has 3 aromatic rings. The molecule has 2 amide bonds. The predicted molar refractivity (Wildman–Crippen MR) is 128 cm³/mol. The van der Waals surface area contributed by atoms with Gasteiger partial charge in [0.1, 0.15) is 0 Å². The molecular formula is C25H29N2O2P. The molecule has 0 bridgehead atoms. The van der Waals surface area contributed by atoms with Gasteiger partial charge in [0.05, 0.1) is 0 Å². The first-order valence-electron chi connectivity index (χ1n) is 10.3. The van der Waals surface area contributed by atoms with Crippen LogP contribution in [-0.4, -0.2) is 31.6 Å². The number of nitrogens with one attached hydrogen (secondary N) is 2. The van der Waals surface area contributed by atoms with Crippen LogP contribution in [0, 0.1) is 0 Å². The van der Waals surface area contributed by atoms with Crippen LogP contribution in [0.2, 0.25) is 0 Å². The summed E-state index contributed by atoms with van der Waals surface area (Å²) in [7, 11) is -0.956. The van der Waals surface area contributed by atoms with E-state index in [1.807, 2.05) is 67.6 Å². The summed E-state index contributed by atoms with van der Waals surface area (Å²) in [6, 6.07) is 28.3. The fourth-order valence-electron chi connectivity index (χ4n) is 3.83. The maximum atomic E-state index is 12.7. The molecule has 0 aliphatic carbocycles. The van der Waals surface area contributed by atoms with Gasteiger partial charge in [0.25, 0.3) is 0 Å². The van der Waals surface area contributed by atoms with Crippen molar-refractivity contribution in [1.29, 1.82) is 0 Å². The molecule has 0 saturated heterocycles. The normalized spacial score (nSPS) is 11.5. The molecular weight excluding hydrogens is 391 g/mol. The van der Waals surface area contributed by atoms with Crippen molar-refractivity contribution in [2.75, 3.05) is 19.8 Å². The molecule has 0 saturated carbocycles. The molecule has 0 spiro atoms. The Morgan fingerprint density at radius 3 is 1.73 bits per heavy atom. The zero-order valence-electron chi connectivity index (χ0n) is 17.5. The number of benzene rings is 3. The second-order valence-corrected chi connectivity index (χ2v) is 11.2. The van der Waals surface area contributed by atoms with Gasteiger partial charge in [0.15, 0.2) is 0 Å². The first-order chi connectivity index (χ1) is 14.6. The average Bonchev–Trinajstić information content (AvgIpc) is 2.82. The number of rotatable bonds is 8. The second-order valence-electron chi connectivity index (χ2n) is 7.32. The third-order valence-corrected chi connectivity index (χ3v) is 10.2. The molecule has 3 aromatic carbocycles. The van der Waals surface area contributed by atoms with Gasteiger partial charge in [-0.1, -0.05) is 0 Å². The van der Waals surface area contributed by atoms with Gasteiger partial charge in [-0.15, -0.1) is 0 Å². The van der Waals surface area contributed by atoms with E-state index in [1.54, 1.807) is 7.05 Å². The molecule has 2 N–H and O–H groups in total. The van der Waals surface area contributed by atoms with E-state index >= 15 is 0 Å². The summed E-state index contributed by atoms with van der Waals surface area (Å²) < 4.78 is 0. The third-order valence-electron chi connectivity index (χ3n) is 5.41. The standard InChI is InChI=1S/C25H29N2O2P/c1-3-18-27-25(29)20-14-16-23(17-15-20)30(19-24(28)26-2,21-10-6-4-7-11-21)22-12-8-5-9-13-22/h4-17,30H,3,18-19H2,1-2H3,(H,26,28)(H,27,29). The van der Waals surface area contributed by atoms with Crippen LogP contribution in [-0.2, 0) is 4.79 Å². The Bertz CT molecular complexity index is 934. The second kappa shape index (κ2) is 10.2. The van der Waals surface area contributed by atoms with Crippen molar-refractivity contribution in [3.05, 3.63) is 90.5 Å². The SMILES string of the molecule is CCCNC(=O)c1ccc([PH](CC(=O)NC)(c2ccccc2)c2ccccc2)cc1. The van der Waals surface area contributed by atoms with Crippen LogP contribution in [0.4, 0.5) is 0 Å². The average molecular weight is 420 g/mol. The van der Waals surface area contributed by atoms with Crippen LogP contribution in [0.3, 0.4) is 0 Å². The first-order valence-corrected chi connectivity index (χ1v) is 12.5. The number of hydrogen-bond donors (Lipinski definition) is 2. The summed E-state index contributed by atoms with van der Waals surface area (Å²) in [6.45, 7) is 2.69. The Kier molecular flexibility index (Phi) is 7.37. The van der Waals surface area contributed by atoms with E-state index in [1.165, 1.54) is 10.6 Å². The third kappa shape index (κ3) is 4.60. The zero-order valence-corrected chi connectivity index (χ0v) is 18.5. The summed E-state index contributed by atoms with van der Waals surface area (Å²) in [5.74, 6) is -0.0551. The van der Waals surface area contributed by atoms with Gasteiger partial charge < -0.3 is 0 Å². The molecule has 0 radical (unpaired) electrons. The van der Waals surface area contributed by atoms with E-state index in [-0.39, 0.29) is 11.8 Å². The van der Waals surface area contributed by atoms with Crippen LogP contribution in [0.1, 0.15) is 23.7 Å². The van der Waals surface area contributed by atoms with Gasteiger partial charge in [0.2, 0.25) is 0 Å². The molecule has 156 valence electrons.